The second kappa shape index (κ2) is 7.69. The van der Waals surface area contributed by atoms with Gasteiger partial charge in [-0.25, -0.2) is 0 Å². The molecule has 19 heavy (non-hydrogen) atoms. The Balaban J connectivity index is 1.85. The average Bonchev–Trinajstić information content (AvgIpc) is 2.47. The summed E-state index contributed by atoms with van der Waals surface area (Å²) in [5.41, 5.74) is 2.83. The molecule has 0 amide bonds. The molecule has 0 radical (unpaired) electrons. The van der Waals surface area contributed by atoms with E-state index in [0.717, 1.165) is 25.0 Å². The van der Waals surface area contributed by atoms with Crippen molar-refractivity contribution < 1.29 is 4.74 Å². The molecule has 1 nitrogen and oxygen atoms in total. The van der Waals surface area contributed by atoms with Gasteiger partial charge in [-0.1, -0.05) is 44.0 Å². The first-order chi connectivity index (χ1) is 9.33. The van der Waals surface area contributed by atoms with Gasteiger partial charge in [0, 0.05) is 6.61 Å². The molecule has 106 valence electrons. The Morgan fingerprint density at radius 3 is 2.26 bits per heavy atom. The third kappa shape index (κ3) is 4.35. The van der Waals surface area contributed by atoms with E-state index in [0.29, 0.717) is 0 Å². The van der Waals surface area contributed by atoms with Gasteiger partial charge >= 0.3 is 0 Å². The van der Waals surface area contributed by atoms with E-state index >= 15 is 0 Å². The second-order valence-corrected chi connectivity index (χ2v) is 5.89. The standard InChI is InChI=1S/C18H28O/c1-3-5-15-6-10-17(11-7-15)18-12-8-16(9-13-18)14-19-4-2/h8-9,12-13,15,17H,3-7,10-11,14H2,1-2H3. The van der Waals surface area contributed by atoms with Gasteiger partial charge in [0.05, 0.1) is 6.61 Å². The molecule has 0 aliphatic heterocycles. The lowest BCUT2D eigenvalue weighted by atomic mass is 9.77. The monoisotopic (exact) mass is 260 g/mol. The number of hydrogen-bond donors (Lipinski definition) is 0. The van der Waals surface area contributed by atoms with E-state index in [1.165, 1.54) is 49.7 Å². The zero-order valence-corrected chi connectivity index (χ0v) is 12.5. The van der Waals surface area contributed by atoms with E-state index in [4.69, 9.17) is 4.74 Å². The highest BCUT2D eigenvalue weighted by atomic mass is 16.5. The normalized spacial score (nSPS) is 23.5. The van der Waals surface area contributed by atoms with Crippen LogP contribution in [0.25, 0.3) is 0 Å². The smallest absolute Gasteiger partial charge is 0.0716 e. The Morgan fingerprint density at radius 1 is 1.00 bits per heavy atom. The maximum Gasteiger partial charge on any atom is 0.0716 e. The van der Waals surface area contributed by atoms with Crippen molar-refractivity contribution in [3.63, 3.8) is 0 Å². The molecule has 1 aliphatic rings. The largest absolute Gasteiger partial charge is 0.377 e. The van der Waals surface area contributed by atoms with Gasteiger partial charge in [-0.3, -0.25) is 0 Å². The predicted molar refractivity (Wildman–Crippen MR) is 81.4 cm³/mol. The lowest BCUT2D eigenvalue weighted by molar-refractivity contribution is 0.134. The van der Waals surface area contributed by atoms with Crippen molar-refractivity contribution in [3.05, 3.63) is 35.4 Å². The van der Waals surface area contributed by atoms with Crippen LogP contribution < -0.4 is 0 Å². The molecule has 1 heteroatoms. The summed E-state index contributed by atoms with van der Waals surface area (Å²) in [4.78, 5) is 0. The first-order valence-corrected chi connectivity index (χ1v) is 8.00. The summed E-state index contributed by atoms with van der Waals surface area (Å²) in [6.45, 7) is 5.90. The van der Waals surface area contributed by atoms with Crippen LogP contribution in [0.4, 0.5) is 0 Å². The van der Waals surface area contributed by atoms with Crippen LogP contribution in [0.2, 0.25) is 0 Å². The summed E-state index contributed by atoms with van der Waals surface area (Å²) >= 11 is 0. The summed E-state index contributed by atoms with van der Waals surface area (Å²) in [7, 11) is 0. The zero-order valence-electron chi connectivity index (χ0n) is 12.5. The average molecular weight is 260 g/mol. The number of hydrogen-bond acceptors (Lipinski definition) is 1. The Bertz CT molecular complexity index is 346. The Morgan fingerprint density at radius 2 is 1.68 bits per heavy atom. The van der Waals surface area contributed by atoms with Gasteiger partial charge in [-0.2, -0.15) is 0 Å². The highest BCUT2D eigenvalue weighted by molar-refractivity contribution is 5.25. The van der Waals surface area contributed by atoms with Gasteiger partial charge < -0.3 is 4.74 Å². The van der Waals surface area contributed by atoms with E-state index in [2.05, 4.69) is 31.2 Å². The molecular weight excluding hydrogens is 232 g/mol. The first kappa shape index (κ1) is 14.6. The molecule has 0 unspecified atom stereocenters. The van der Waals surface area contributed by atoms with E-state index in [9.17, 15) is 0 Å². The second-order valence-electron chi connectivity index (χ2n) is 5.89. The van der Waals surface area contributed by atoms with E-state index in [1.807, 2.05) is 6.92 Å². The summed E-state index contributed by atoms with van der Waals surface area (Å²) in [6.07, 6.45) is 8.41. The van der Waals surface area contributed by atoms with Crippen LogP contribution in [-0.2, 0) is 11.3 Å². The number of ether oxygens (including phenoxy) is 1. The van der Waals surface area contributed by atoms with Crippen LogP contribution in [0.1, 0.15) is 69.4 Å². The van der Waals surface area contributed by atoms with Gasteiger partial charge in [0.1, 0.15) is 0 Å². The fourth-order valence-corrected chi connectivity index (χ4v) is 3.30. The SMILES string of the molecule is CCCC1CCC(c2ccc(COCC)cc2)CC1. The summed E-state index contributed by atoms with van der Waals surface area (Å²) in [6, 6.07) is 9.12. The predicted octanol–water partition coefficient (Wildman–Crippen LogP) is 5.30. The highest BCUT2D eigenvalue weighted by Crippen LogP contribution is 2.37. The van der Waals surface area contributed by atoms with Crippen molar-refractivity contribution in [3.8, 4) is 0 Å². The molecule has 2 rings (SSSR count). The van der Waals surface area contributed by atoms with Crippen molar-refractivity contribution in [1.82, 2.24) is 0 Å². The van der Waals surface area contributed by atoms with Crippen molar-refractivity contribution in [2.75, 3.05) is 6.61 Å². The minimum absolute atomic E-state index is 0.750. The quantitative estimate of drug-likeness (QED) is 0.674. The van der Waals surface area contributed by atoms with Crippen LogP contribution in [0.3, 0.4) is 0 Å². The Hall–Kier alpha value is -0.820. The van der Waals surface area contributed by atoms with Crippen molar-refractivity contribution in [2.45, 2.75) is 64.9 Å². The molecule has 0 saturated heterocycles. The maximum atomic E-state index is 5.45. The minimum atomic E-state index is 0.750. The van der Waals surface area contributed by atoms with E-state index in [-0.39, 0.29) is 0 Å². The van der Waals surface area contributed by atoms with Crippen LogP contribution in [0, 0.1) is 5.92 Å². The van der Waals surface area contributed by atoms with Gasteiger partial charge in [-0.05, 0) is 55.6 Å². The number of rotatable bonds is 6. The highest BCUT2D eigenvalue weighted by Gasteiger charge is 2.21. The zero-order chi connectivity index (χ0) is 13.5. The van der Waals surface area contributed by atoms with Crippen molar-refractivity contribution in [2.24, 2.45) is 5.92 Å². The van der Waals surface area contributed by atoms with Gasteiger partial charge in [0.15, 0.2) is 0 Å². The molecule has 1 aromatic carbocycles. The molecule has 1 fully saturated rings. The Labute approximate surface area is 118 Å². The summed E-state index contributed by atoms with van der Waals surface area (Å²) in [5.74, 6) is 1.80. The molecule has 0 aromatic heterocycles. The van der Waals surface area contributed by atoms with Gasteiger partial charge in [0.2, 0.25) is 0 Å². The molecule has 0 atom stereocenters. The van der Waals surface area contributed by atoms with Crippen molar-refractivity contribution >= 4 is 0 Å². The van der Waals surface area contributed by atoms with Crippen molar-refractivity contribution in [1.29, 1.82) is 0 Å². The third-order valence-corrected chi connectivity index (χ3v) is 4.47. The molecule has 1 saturated carbocycles. The molecule has 0 N–H and O–H groups in total. The third-order valence-electron chi connectivity index (χ3n) is 4.47. The Kier molecular flexibility index (Phi) is 5.91. The first-order valence-electron chi connectivity index (χ1n) is 8.00. The van der Waals surface area contributed by atoms with Crippen LogP contribution in [-0.4, -0.2) is 6.61 Å². The van der Waals surface area contributed by atoms with E-state index < -0.39 is 0 Å². The lowest BCUT2D eigenvalue weighted by Gasteiger charge is -2.28. The van der Waals surface area contributed by atoms with Crippen LogP contribution in [0.5, 0.6) is 0 Å². The number of benzene rings is 1. The molecule has 0 spiro atoms. The van der Waals surface area contributed by atoms with Crippen LogP contribution in [0.15, 0.2) is 24.3 Å². The van der Waals surface area contributed by atoms with E-state index in [1.54, 1.807) is 0 Å². The lowest BCUT2D eigenvalue weighted by Crippen LogP contribution is -2.13. The summed E-state index contributed by atoms with van der Waals surface area (Å²) < 4.78 is 5.45. The fourth-order valence-electron chi connectivity index (χ4n) is 3.30. The molecule has 1 aliphatic carbocycles. The molecular formula is C18H28O. The van der Waals surface area contributed by atoms with Gasteiger partial charge in [0.25, 0.3) is 0 Å². The minimum Gasteiger partial charge on any atom is -0.377 e. The molecule has 0 bridgehead atoms. The van der Waals surface area contributed by atoms with Crippen LogP contribution >= 0.6 is 0 Å². The molecule has 0 heterocycles. The van der Waals surface area contributed by atoms with Gasteiger partial charge in [-0.15, -0.1) is 0 Å². The summed E-state index contributed by atoms with van der Waals surface area (Å²) in [5, 5.41) is 0. The fraction of sp³-hybridized carbons (Fsp3) is 0.667. The maximum absolute atomic E-state index is 5.45. The topological polar surface area (TPSA) is 9.23 Å². The molecule has 1 aromatic rings.